The van der Waals surface area contributed by atoms with E-state index in [4.69, 9.17) is 5.73 Å². The Bertz CT molecular complexity index is 369. The Balaban J connectivity index is 0.00000144. The number of hydrogen-bond donors (Lipinski definition) is 1. The van der Waals surface area contributed by atoms with E-state index in [1.807, 2.05) is 30.0 Å². The van der Waals surface area contributed by atoms with Gasteiger partial charge in [-0.25, -0.2) is 0 Å². The first kappa shape index (κ1) is 14.0. The van der Waals surface area contributed by atoms with Crippen LogP contribution in [0.25, 0.3) is 0 Å². The summed E-state index contributed by atoms with van der Waals surface area (Å²) < 4.78 is 0. The average molecular weight is 255 g/mol. The molecule has 1 aliphatic heterocycles. The smallest absolute Gasteiger partial charge is 0.222 e. The van der Waals surface area contributed by atoms with E-state index in [1.165, 1.54) is 5.56 Å². The van der Waals surface area contributed by atoms with Crippen molar-refractivity contribution in [2.75, 3.05) is 13.1 Å². The summed E-state index contributed by atoms with van der Waals surface area (Å²) in [4.78, 5) is 13.5. The fourth-order valence-electron chi connectivity index (χ4n) is 2.31. The molecule has 1 fully saturated rings. The minimum Gasteiger partial charge on any atom is -0.340 e. The number of carbonyl (C=O) groups is 1. The average Bonchev–Trinajstić information content (AvgIpc) is 2.71. The molecule has 0 radical (unpaired) electrons. The quantitative estimate of drug-likeness (QED) is 0.875. The van der Waals surface area contributed by atoms with Crippen molar-refractivity contribution in [1.29, 1.82) is 0 Å². The number of halogens is 1. The highest BCUT2D eigenvalue weighted by atomic mass is 35.5. The van der Waals surface area contributed by atoms with Crippen LogP contribution in [0.15, 0.2) is 30.3 Å². The highest BCUT2D eigenvalue weighted by Crippen LogP contribution is 2.26. The van der Waals surface area contributed by atoms with E-state index in [-0.39, 0.29) is 30.3 Å². The van der Waals surface area contributed by atoms with Crippen LogP contribution < -0.4 is 5.73 Å². The van der Waals surface area contributed by atoms with Crippen LogP contribution in [-0.2, 0) is 4.79 Å². The molecule has 2 atom stereocenters. The molecule has 0 aromatic heterocycles. The Labute approximate surface area is 108 Å². The van der Waals surface area contributed by atoms with Gasteiger partial charge in [0.2, 0.25) is 5.91 Å². The summed E-state index contributed by atoms with van der Waals surface area (Å²) in [5, 5.41) is 0. The van der Waals surface area contributed by atoms with E-state index in [0.29, 0.717) is 13.0 Å². The third kappa shape index (κ3) is 2.99. The zero-order chi connectivity index (χ0) is 11.5. The molecule has 0 spiro atoms. The van der Waals surface area contributed by atoms with E-state index in [9.17, 15) is 4.79 Å². The van der Waals surface area contributed by atoms with Gasteiger partial charge in [-0.2, -0.15) is 0 Å². The number of rotatable bonds is 2. The topological polar surface area (TPSA) is 46.3 Å². The Hall–Kier alpha value is -1.06. The second-order valence-electron chi connectivity index (χ2n) is 4.33. The van der Waals surface area contributed by atoms with Crippen LogP contribution in [-0.4, -0.2) is 29.9 Å². The minimum absolute atomic E-state index is 0. The molecule has 0 bridgehead atoms. The fraction of sp³-hybridized carbons (Fsp3) is 0.462. The van der Waals surface area contributed by atoms with Crippen molar-refractivity contribution in [3.63, 3.8) is 0 Å². The van der Waals surface area contributed by atoms with Crippen LogP contribution in [0.4, 0.5) is 0 Å². The molecule has 0 saturated carbocycles. The second kappa shape index (κ2) is 6.03. The van der Waals surface area contributed by atoms with Crippen LogP contribution in [0.3, 0.4) is 0 Å². The third-order valence-electron chi connectivity index (χ3n) is 3.25. The molecule has 2 N–H and O–H groups in total. The van der Waals surface area contributed by atoms with Crippen molar-refractivity contribution >= 4 is 18.3 Å². The lowest BCUT2D eigenvalue weighted by molar-refractivity contribution is -0.129. The molecule has 17 heavy (non-hydrogen) atoms. The predicted molar refractivity (Wildman–Crippen MR) is 71.3 cm³/mol. The van der Waals surface area contributed by atoms with E-state index in [0.717, 1.165) is 6.54 Å². The van der Waals surface area contributed by atoms with Crippen molar-refractivity contribution in [3.8, 4) is 0 Å². The van der Waals surface area contributed by atoms with Gasteiger partial charge in [-0.15, -0.1) is 12.4 Å². The fourth-order valence-corrected chi connectivity index (χ4v) is 2.31. The lowest BCUT2D eigenvalue weighted by Gasteiger charge is -2.15. The monoisotopic (exact) mass is 254 g/mol. The number of benzene rings is 1. The lowest BCUT2D eigenvalue weighted by Crippen LogP contribution is -2.31. The van der Waals surface area contributed by atoms with Crippen LogP contribution in [0, 0.1) is 0 Å². The summed E-state index contributed by atoms with van der Waals surface area (Å²) in [6, 6.07) is 10.3. The Kier molecular flexibility index (Phi) is 4.97. The molecule has 0 unspecified atom stereocenters. The van der Waals surface area contributed by atoms with Crippen LogP contribution in [0.2, 0.25) is 0 Å². The molecule has 94 valence electrons. The second-order valence-corrected chi connectivity index (χ2v) is 4.33. The first-order chi connectivity index (χ1) is 7.72. The van der Waals surface area contributed by atoms with Crippen molar-refractivity contribution in [2.24, 2.45) is 5.73 Å². The van der Waals surface area contributed by atoms with E-state index < -0.39 is 0 Å². The van der Waals surface area contributed by atoms with E-state index in [1.54, 1.807) is 0 Å². The van der Waals surface area contributed by atoms with Gasteiger partial charge in [0, 0.05) is 31.5 Å². The zero-order valence-electron chi connectivity index (χ0n) is 10.0. The summed E-state index contributed by atoms with van der Waals surface area (Å²) in [6.45, 7) is 3.34. The lowest BCUT2D eigenvalue weighted by atomic mass is 9.95. The third-order valence-corrected chi connectivity index (χ3v) is 3.25. The zero-order valence-corrected chi connectivity index (χ0v) is 10.8. The number of amides is 1. The van der Waals surface area contributed by atoms with E-state index >= 15 is 0 Å². The van der Waals surface area contributed by atoms with Crippen LogP contribution in [0.5, 0.6) is 0 Å². The summed E-state index contributed by atoms with van der Waals surface area (Å²) >= 11 is 0. The van der Waals surface area contributed by atoms with Crippen molar-refractivity contribution in [2.45, 2.75) is 25.3 Å². The molecule has 4 heteroatoms. The normalized spacial score (nSPS) is 23.3. The molecular formula is C13H19ClN2O. The maximum Gasteiger partial charge on any atom is 0.222 e. The number of likely N-dealkylation sites (tertiary alicyclic amines) is 1. The molecular weight excluding hydrogens is 236 g/mol. The highest BCUT2D eigenvalue weighted by molar-refractivity contribution is 5.85. The number of carbonyl (C=O) groups excluding carboxylic acids is 1. The summed E-state index contributed by atoms with van der Waals surface area (Å²) in [6.07, 6.45) is 0.564. The molecule has 0 aliphatic carbocycles. The Morgan fingerprint density at radius 1 is 1.35 bits per heavy atom. The number of hydrogen-bond acceptors (Lipinski definition) is 2. The largest absolute Gasteiger partial charge is 0.340 e. The predicted octanol–water partition coefficient (Wildman–Crippen LogP) is 1.77. The van der Waals surface area contributed by atoms with Crippen LogP contribution >= 0.6 is 12.4 Å². The standard InChI is InChI=1S/C13H18N2O.ClH/c1-2-13(16)15-8-11(12(14)9-15)10-6-4-3-5-7-10;/h3-7,11-12H,2,8-9,14H2,1H3;1H/t11-,12+;/m0./s1. The Morgan fingerprint density at radius 3 is 2.59 bits per heavy atom. The first-order valence-corrected chi connectivity index (χ1v) is 5.80. The molecule has 1 amide bonds. The van der Waals surface area contributed by atoms with E-state index in [2.05, 4.69) is 12.1 Å². The molecule has 2 rings (SSSR count). The van der Waals surface area contributed by atoms with Crippen molar-refractivity contribution in [3.05, 3.63) is 35.9 Å². The molecule has 1 heterocycles. The number of nitrogens with zero attached hydrogens (tertiary/aromatic N) is 1. The highest BCUT2D eigenvalue weighted by Gasteiger charge is 2.32. The van der Waals surface area contributed by atoms with Gasteiger partial charge in [0.05, 0.1) is 0 Å². The van der Waals surface area contributed by atoms with Gasteiger partial charge < -0.3 is 10.6 Å². The molecule has 1 aromatic rings. The van der Waals surface area contributed by atoms with Gasteiger partial charge >= 0.3 is 0 Å². The summed E-state index contributed by atoms with van der Waals surface area (Å²) in [5.41, 5.74) is 7.34. The molecule has 3 nitrogen and oxygen atoms in total. The molecule has 1 aliphatic rings. The van der Waals surface area contributed by atoms with Gasteiger partial charge in [0.25, 0.3) is 0 Å². The van der Waals surface area contributed by atoms with Gasteiger partial charge in [-0.3, -0.25) is 4.79 Å². The summed E-state index contributed by atoms with van der Waals surface area (Å²) in [5.74, 6) is 0.491. The van der Waals surface area contributed by atoms with Crippen molar-refractivity contribution in [1.82, 2.24) is 4.90 Å². The molecule has 1 saturated heterocycles. The maximum atomic E-state index is 11.6. The van der Waals surface area contributed by atoms with Crippen molar-refractivity contribution < 1.29 is 4.79 Å². The summed E-state index contributed by atoms with van der Waals surface area (Å²) in [7, 11) is 0. The first-order valence-electron chi connectivity index (χ1n) is 5.80. The van der Waals surface area contributed by atoms with Gasteiger partial charge in [0.1, 0.15) is 0 Å². The minimum atomic E-state index is 0. The van der Waals surface area contributed by atoms with Crippen LogP contribution in [0.1, 0.15) is 24.8 Å². The number of nitrogens with two attached hydrogens (primary N) is 1. The molecule has 1 aromatic carbocycles. The Morgan fingerprint density at radius 2 is 2.00 bits per heavy atom. The maximum absolute atomic E-state index is 11.6. The SMILES string of the molecule is CCC(=O)N1C[C@@H](N)[C@H](c2ccccc2)C1.Cl. The van der Waals surface area contributed by atoms with Gasteiger partial charge in [-0.05, 0) is 5.56 Å². The van der Waals surface area contributed by atoms with Gasteiger partial charge in [0.15, 0.2) is 0 Å². The van der Waals surface area contributed by atoms with Gasteiger partial charge in [-0.1, -0.05) is 37.3 Å².